The summed E-state index contributed by atoms with van der Waals surface area (Å²) in [6.07, 6.45) is 1.19. The predicted octanol–water partition coefficient (Wildman–Crippen LogP) is 1.41. The molecular formula is C8H19NO. The van der Waals surface area contributed by atoms with Crippen LogP contribution in [0.3, 0.4) is 0 Å². The van der Waals surface area contributed by atoms with E-state index in [2.05, 4.69) is 19.2 Å². The van der Waals surface area contributed by atoms with Crippen molar-refractivity contribution >= 4 is 0 Å². The Morgan fingerprint density at radius 3 is 2.60 bits per heavy atom. The fourth-order valence-corrected chi connectivity index (χ4v) is 0.744. The second-order valence-corrected chi connectivity index (χ2v) is 2.51. The standard InChI is InChI=1S/C8H19NO/c1-4-6-9-8(3)7-10-5-2/h8-9H,4-7H2,1-3H3. The molecular weight excluding hydrogens is 126 g/mol. The van der Waals surface area contributed by atoms with E-state index >= 15 is 0 Å². The molecule has 0 saturated carbocycles. The first kappa shape index (κ1) is 9.92. The zero-order chi connectivity index (χ0) is 7.82. The zero-order valence-electron chi connectivity index (χ0n) is 7.31. The summed E-state index contributed by atoms with van der Waals surface area (Å²) in [4.78, 5) is 0. The van der Waals surface area contributed by atoms with E-state index < -0.39 is 0 Å². The first-order valence-electron chi connectivity index (χ1n) is 4.12. The molecule has 0 heterocycles. The van der Waals surface area contributed by atoms with Crippen LogP contribution in [-0.2, 0) is 4.74 Å². The highest BCUT2D eigenvalue weighted by Gasteiger charge is 1.97. The Balaban J connectivity index is 3.00. The molecule has 0 aromatic heterocycles. The Bertz CT molecular complexity index is 58.3. The van der Waals surface area contributed by atoms with E-state index in [9.17, 15) is 0 Å². The quantitative estimate of drug-likeness (QED) is 0.610. The summed E-state index contributed by atoms with van der Waals surface area (Å²) in [6, 6.07) is 0.500. The van der Waals surface area contributed by atoms with Crippen molar-refractivity contribution in [2.45, 2.75) is 33.2 Å². The van der Waals surface area contributed by atoms with Crippen molar-refractivity contribution in [2.24, 2.45) is 0 Å². The lowest BCUT2D eigenvalue weighted by Gasteiger charge is -2.11. The summed E-state index contributed by atoms with van der Waals surface area (Å²) in [5, 5.41) is 3.34. The molecule has 0 aliphatic heterocycles. The fourth-order valence-electron chi connectivity index (χ4n) is 0.744. The van der Waals surface area contributed by atoms with Gasteiger partial charge in [-0.3, -0.25) is 0 Å². The maximum Gasteiger partial charge on any atom is 0.0616 e. The van der Waals surface area contributed by atoms with Gasteiger partial charge in [-0.05, 0) is 26.8 Å². The van der Waals surface area contributed by atoms with E-state index in [0.717, 1.165) is 19.8 Å². The summed E-state index contributed by atoms with van der Waals surface area (Å²) < 4.78 is 5.23. The Hall–Kier alpha value is -0.0800. The second kappa shape index (κ2) is 7.03. The van der Waals surface area contributed by atoms with E-state index in [1.165, 1.54) is 6.42 Å². The van der Waals surface area contributed by atoms with Crippen molar-refractivity contribution in [2.75, 3.05) is 19.8 Å². The van der Waals surface area contributed by atoms with Crippen molar-refractivity contribution in [1.29, 1.82) is 0 Å². The first-order valence-corrected chi connectivity index (χ1v) is 4.12. The van der Waals surface area contributed by atoms with E-state index in [-0.39, 0.29) is 0 Å². The van der Waals surface area contributed by atoms with Crippen LogP contribution in [0.5, 0.6) is 0 Å². The van der Waals surface area contributed by atoms with Gasteiger partial charge in [0.1, 0.15) is 0 Å². The van der Waals surface area contributed by atoms with E-state index in [1.807, 2.05) is 6.92 Å². The normalized spacial score (nSPS) is 13.5. The lowest BCUT2D eigenvalue weighted by Crippen LogP contribution is -2.31. The van der Waals surface area contributed by atoms with Gasteiger partial charge in [-0.1, -0.05) is 6.92 Å². The first-order chi connectivity index (χ1) is 4.81. The summed E-state index contributed by atoms with van der Waals surface area (Å²) >= 11 is 0. The molecule has 0 radical (unpaired) electrons. The van der Waals surface area contributed by atoms with Gasteiger partial charge in [-0.15, -0.1) is 0 Å². The molecule has 10 heavy (non-hydrogen) atoms. The molecule has 0 bridgehead atoms. The van der Waals surface area contributed by atoms with Gasteiger partial charge in [0.15, 0.2) is 0 Å². The van der Waals surface area contributed by atoms with Crippen LogP contribution in [0.1, 0.15) is 27.2 Å². The lowest BCUT2D eigenvalue weighted by atomic mass is 10.3. The van der Waals surface area contributed by atoms with Gasteiger partial charge in [0, 0.05) is 12.6 Å². The highest BCUT2D eigenvalue weighted by Crippen LogP contribution is 1.84. The van der Waals surface area contributed by atoms with Gasteiger partial charge in [0.2, 0.25) is 0 Å². The highest BCUT2D eigenvalue weighted by atomic mass is 16.5. The molecule has 0 amide bonds. The van der Waals surface area contributed by atoms with Crippen molar-refractivity contribution in [3.8, 4) is 0 Å². The third kappa shape index (κ3) is 6.05. The molecule has 0 spiro atoms. The minimum Gasteiger partial charge on any atom is -0.380 e. The van der Waals surface area contributed by atoms with Crippen LogP contribution in [0.15, 0.2) is 0 Å². The number of hydrogen-bond donors (Lipinski definition) is 1. The Kier molecular flexibility index (Phi) is 6.98. The summed E-state index contributed by atoms with van der Waals surface area (Å²) in [5.74, 6) is 0. The van der Waals surface area contributed by atoms with E-state index in [0.29, 0.717) is 6.04 Å². The third-order valence-electron chi connectivity index (χ3n) is 1.31. The van der Waals surface area contributed by atoms with Crippen molar-refractivity contribution in [3.05, 3.63) is 0 Å². The molecule has 0 fully saturated rings. The van der Waals surface area contributed by atoms with Gasteiger partial charge >= 0.3 is 0 Å². The average molecular weight is 145 g/mol. The molecule has 0 rings (SSSR count). The molecule has 1 atom stereocenters. The van der Waals surface area contributed by atoms with Gasteiger partial charge in [0.05, 0.1) is 6.61 Å². The lowest BCUT2D eigenvalue weighted by molar-refractivity contribution is 0.127. The van der Waals surface area contributed by atoms with E-state index in [4.69, 9.17) is 4.74 Å². The van der Waals surface area contributed by atoms with Crippen LogP contribution in [0.2, 0.25) is 0 Å². The molecule has 1 N–H and O–H groups in total. The van der Waals surface area contributed by atoms with E-state index in [1.54, 1.807) is 0 Å². The molecule has 1 unspecified atom stereocenters. The van der Waals surface area contributed by atoms with Crippen molar-refractivity contribution in [3.63, 3.8) is 0 Å². The molecule has 2 nitrogen and oxygen atoms in total. The molecule has 0 aromatic rings. The Labute approximate surface area is 64.0 Å². The highest BCUT2D eigenvalue weighted by molar-refractivity contribution is 4.57. The molecule has 0 aliphatic carbocycles. The zero-order valence-corrected chi connectivity index (χ0v) is 7.31. The SMILES string of the molecule is CCCNC(C)COCC. The van der Waals surface area contributed by atoms with Crippen LogP contribution in [0.25, 0.3) is 0 Å². The van der Waals surface area contributed by atoms with Gasteiger partial charge in [0.25, 0.3) is 0 Å². The minimum absolute atomic E-state index is 0.500. The van der Waals surface area contributed by atoms with Gasteiger partial charge < -0.3 is 10.1 Å². The number of hydrogen-bond acceptors (Lipinski definition) is 2. The summed E-state index contributed by atoms with van der Waals surface area (Å²) in [5.41, 5.74) is 0. The maximum absolute atomic E-state index is 5.23. The van der Waals surface area contributed by atoms with Crippen molar-refractivity contribution in [1.82, 2.24) is 5.32 Å². The largest absolute Gasteiger partial charge is 0.380 e. The number of ether oxygens (including phenoxy) is 1. The van der Waals surface area contributed by atoms with Crippen LogP contribution in [0, 0.1) is 0 Å². The van der Waals surface area contributed by atoms with Crippen molar-refractivity contribution < 1.29 is 4.74 Å². The molecule has 0 saturated heterocycles. The van der Waals surface area contributed by atoms with Crippen LogP contribution in [-0.4, -0.2) is 25.8 Å². The number of nitrogens with one attached hydrogen (secondary N) is 1. The predicted molar refractivity (Wildman–Crippen MR) is 44.2 cm³/mol. The Morgan fingerprint density at radius 2 is 2.10 bits per heavy atom. The van der Waals surface area contributed by atoms with Crippen LogP contribution >= 0.6 is 0 Å². The summed E-state index contributed by atoms with van der Waals surface area (Å²) in [7, 11) is 0. The third-order valence-corrected chi connectivity index (χ3v) is 1.31. The topological polar surface area (TPSA) is 21.3 Å². The molecule has 62 valence electrons. The van der Waals surface area contributed by atoms with Gasteiger partial charge in [-0.2, -0.15) is 0 Å². The Morgan fingerprint density at radius 1 is 1.40 bits per heavy atom. The number of rotatable bonds is 6. The molecule has 0 aromatic carbocycles. The van der Waals surface area contributed by atoms with Crippen LogP contribution < -0.4 is 5.32 Å². The average Bonchev–Trinajstić information content (AvgIpc) is 1.97. The minimum atomic E-state index is 0.500. The second-order valence-electron chi connectivity index (χ2n) is 2.51. The smallest absolute Gasteiger partial charge is 0.0616 e. The monoisotopic (exact) mass is 145 g/mol. The van der Waals surface area contributed by atoms with Crippen LogP contribution in [0.4, 0.5) is 0 Å². The maximum atomic E-state index is 5.23. The van der Waals surface area contributed by atoms with Gasteiger partial charge in [-0.25, -0.2) is 0 Å². The molecule has 2 heteroatoms. The molecule has 0 aliphatic rings. The fraction of sp³-hybridized carbons (Fsp3) is 1.00. The summed E-state index contributed by atoms with van der Waals surface area (Å²) in [6.45, 7) is 9.07.